The van der Waals surface area contributed by atoms with Crippen LogP contribution in [0.2, 0.25) is 0 Å². The Hall–Kier alpha value is -1.76. The van der Waals surface area contributed by atoms with Gasteiger partial charge in [0, 0.05) is 0 Å². The van der Waals surface area contributed by atoms with Crippen LogP contribution in [0.3, 0.4) is 0 Å². The second kappa shape index (κ2) is 6.42. The summed E-state index contributed by atoms with van der Waals surface area (Å²) in [6.07, 6.45) is -6.94. The Kier molecular flexibility index (Phi) is 5.17. The van der Waals surface area contributed by atoms with E-state index in [2.05, 4.69) is 4.74 Å². The number of halogens is 3. The molecular formula is C12H13F3O4. The van der Waals surface area contributed by atoms with Crippen molar-refractivity contribution in [2.75, 3.05) is 13.2 Å². The lowest BCUT2D eigenvalue weighted by molar-refractivity contribution is -0.225. The van der Waals surface area contributed by atoms with Crippen LogP contribution in [0.5, 0.6) is 5.75 Å². The number of carbonyl (C=O) groups is 1. The van der Waals surface area contributed by atoms with Crippen LogP contribution in [-0.4, -0.2) is 30.5 Å². The van der Waals surface area contributed by atoms with Gasteiger partial charge in [0.05, 0.1) is 6.61 Å². The molecule has 0 aliphatic carbocycles. The molecule has 0 saturated heterocycles. The molecule has 0 saturated carbocycles. The molecule has 1 aromatic carbocycles. The summed E-state index contributed by atoms with van der Waals surface area (Å²) in [6.45, 7) is 1.14. The number of alkyl halides is 3. The highest BCUT2D eigenvalue weighted by atomic mass is 19.4. The van der Waals surface area contributed by atoms with Gasteiger partial charge in [0.25, 0.3) is 0 Å². The lowest BCUT2D eigenvalue weighted by Crippen LogP contribution is -2.25. The average Bonchev–Trinajstić information content (AvgIpc) is 2.29. The van der Waals surface area contributed by atoms with Crippen molar-refractivity contribution in [1.29, 1.82) is 0 Å². The lowest BCUT2D eigenvalue weighted by atomic mass is 10.1. The zero-order valence-corrected chi connectivity index (χ0v) is 10.1. The molecule has 1 unspecified atom stereocenters. The number of aliphatic carboxylic acids is 1. The minimum Gasteiger partial charge on any atom is -0.494 e. The van der Waals surface area contributed by atoms with Crippen molar-refractivity contribution < 1.29 is 32.5 Å². The molecule has 0 bridgehead atoms. The maximum absolute atomic E-state index is 12.8. The highest BCUT2D eigenvalue weighted by Crippen LogP contribution is 2.36. The lowest BCUT2D eigenvalue weighted by Gasteiger charge is -2.20. The van der Waals surface area contributed by atoms with Gasteiger partial charge in [-0.15, -0.1) is 0 Å². The molecule has 0 aromatic heterocycles. The minimum absolute atomic E-state index is 0.169. The number of rotatable bonds is 6. The Balaban J connectivity index is 2.87. The standard InChI is InChI=1S/C12H13F3O4/c1-2-18-9-5-3-8(4-6-9)11(12(13,14)15)19-7-10(16)17/h3-6,11H,2,7H2,1H3,(H,16,17). The second-order valence-corrected chi connectivity index (χ2v) is 3.63. The van der Waals surface area contributed by atoms with Crippen LogP contribution in [0.25, 0.3) is 0 Å². The van der Waals surface area contributed by atoms with Gasteiger partial charge in [0.2, 0.25) is 0 Å². The van der Waals surface area contributed by atoms with Crippen LogP contribution in [-0.2, 0) is 9.53 Å². The van der Waals surface area contributed by atoms with Gasteiger partial charge >= 0.3 is 12.1 Å². The number of hydrogen-bond acceptors (Lipinski definition) is 3. The van der Waals surface area contributed by atoms with E-state index in [0.717, 1.165) is 0 Å². The largest absolute Gasteiger partial charge is 0.494 e. The molecule has 19 heavy (non-hydrogen) atoms. The molecule has 0 amide bonds. The first kappa shape index (κ1) is 15.3. The van der Waals surface area contributed by atoms with E-state index in [-0.39, 0.29) is 5.56 Å². The Morgan fingerprint density at radius 3 is 2.32 bits per heavy atom. The molecule has 1 aromatic rings. The van der Waals surface area contributed by atoms with Crippen LogP contribution in [0.4, 0.5) is 13.2 Å². The Bertz CT molecular complexity index is 414. The highest BCUT2D eigenvalue weighted by Gasteiger charge is 2.42. The van der Waals surface area contributed by atoms with Crippen molar-refractivity contribution in [3.8, 4) is 5.75 Å². The number of hydrogen-bond donors (Lipinski definition) is 1. The van der Waals surface area contributed by atoms with Crippen molar-refractivity contribution in [3.63, 3.8) is 0 Å². The van der Waals surface area contributed by atoms with E-state index in [1.165, 1.54) is 24.3 Å². The second-order valence-electron chi connectivity index (χ2n) is 3.63. The summed E-state index contributed by atoms with van der Waals surface area (Å²) in [5, 5.41) is 8.38. The normalized spacial score (nSPS) is 13.1. The molecule has 0 aliphatic rings. The van der Waals surface area contributed by atoms with Crippen LogP contribution in [0.15, 0.2) is 24.3 Å². The van der Waals surface area contributed by atoms with Gasteiger partial charge in [-0.05, 0) is 24.6 Å². The van der Waals surface area contributed by atoms with Crippen LogP contribution in [0, 0.1) is 0 Å². The van der Waals surface area contributed by atoms with E-state index in [0.29, 0.717) is 12.4 Å². The number of benzene rings is 1. The third kappa shape index (κ3) is 4.78. The molecule has 0 radical (unpaired) electrons. The maximum Gasteiger partial charge on any atom is 0.418 e. The molecule has 7 heteroatoms. The molecule has 0 fully saturated rings. The fourth-order valence-electron chi connectivity index (χ4n) is 1.44. The van der Waals surface area contributed by atoms with Gasteiger partial charge in [-0.3, -0.25) is 0 Å². The molecular weight excluding hydrogens is 265 g/mol. The van der Waals surface area contributed by atoms with Gasteiger partial charge in [-0.25, -0.2) is 4.79 Å². The fraction of sp³-hybridized carbons (Fsp3) is 0.417. The summed E-state index contributed by atoms with van der Waals surface area (Å²) in [6, 6.07) is 5.15. The Labute approximate surface area is 107 Å². The van der Waals surface area contributed by atoms with Crippen molar-refractivity contribution in [3.05, 3.63) is 29.8 Å². The zero-order chi connectivity index (χ0) is 14.5. The van der Waals surface area contributed by atoms with Crippen molar-refractivity contribution in [2.45, 2.75) is 19.2 Å². The quantitative estimate of drug-likeness (QED) is 0.869. The van der Waals surface area contributed by atoms with E-state index < -0.39 is 24.9 Å². The predicted molar refractivity (Wildman–Crippen MR) is 60.0 cm³/mol. The smallest absolute Gasteiger partial charge is 0.418 e. The monoisotopic (exact) mass is 278 g/mol. The molecule has 106 valence electrons. The van der Waals surface area contributed by atoms with E-state index in [1.807, 2.05) is 0 Å². The molecule has 0 heterocycles. The van der Waals surface area contributed by atoms with Crippen molar-refractivity contribution >= 4 is 5.97 Å². The third-order valence-electron chi connectivity index (χ3n) is 2.16. The number of carboxylic acid groups (broad SMARTS) is 1. The maximum atomic E-state index is 12.8. The first-order valence-electron chi connectivity index (χ1n) is 5.47. The fourth-order valence-corrected chi connectivity index (χ4v) is 1.44. The van der Waals surface area contributed by atoms with Gasteiger partial charge in [-0.2, -0.15) is 13.2 Å². The summed E-state index contributed by atoms with van der Waals surface area (Å²) in [4.78, 5) is 10.3. The van der Waals surface area contributed by atoms with Crippen LogP contribution >= 0.6 is 0 Å². The molecule has 0 spiro atoms. The SMILES string of the molecule is CCOc1ccc(C(OCC(=O)O)C(F)(F)F)cc1. The Morgan fingerprint density at radius 1 is 1.32 bits per heavy atom. The van der Waals surface area contributed by atoms with E-state index in [9.17, 15) is 18.0 Å². The number of ether oxygens (including phenoxy) is 2. The summed E-state index contributed by atoms with van der Waals surface area (Å²) in [5.41, 5.74) is -0.169. The molecule has 0 aliphatic heterocycles. The highest BCUT2D eigenvalue weighted by molar-refractivity contribution is 5.68. The van der Waals surface area contributed by atoms with E-state index in [1.54, 1.807) is 6.92 Å². The molecule has 1 atom stereocenters. The Morgan fingerprint density at radius 2 is 1.89 bits per heavy atom. The molecule has 1 N–H and O–H groups in total. The van der Waals surface area contributed by atoms with Gasteiger partial charge in [0.1, 0.15) is 12.4 Å². The predicted octanol–water partition coefficient (Wildman–Crippen LogP) is 2.79. The van der Waals surface area contributed by atoms with Crippen molar-refractivity contribution in [2.24, 2.45) is 0 Å². The first-order chi connectivity index (χ1) is 8.84. The van der Waals surface area contributed by atoms with E-state index in [4.69, 9.17) is 9.84 Å². The summed E-state index contributed by atoms with van der Waals surface area (Å²) < 4.78 is 47.8. The molecule has 1 rings (SSSR count). The third-order valence-corrected chi connectivity index (χ3v) is 2.16. The minimum atomic E-state index is -4.68. The van der Waals surface area contributed by atoms with Gasteiger partial charge < -0.3 is 14.6 Å². The summed E-state index contributed by atoms with van der Waals surface area (Å²) >= 11 is 0. The average molecular weight is 278 g/mol. The van der Waals surface area contributed by atoms with Gasteiger partial charge in [-0.1, -0.05) is 12.1 Å². The van der Waals surface area contributed by atoms with Crippen LogP contribution in [0.1, 0.15) is 18.6 Å². The zero-order valence-electron chi connectivity index (χ0n) is 10.1. The first-order valence-corrected chi connectivity index (χ1v) is 5.47. The summed E-state index contributed by atoms with van der Waals surface area (Å²) in [5.74, 6) is -1.02. The van der Waals surface area contributed by atoms with Gasteiger partial charge in [0.15, 0.2) is 6.10 Å². The number of carboxylic acids is 1. The van der Waals surface area contributed by atoms with Crippen LogP contribution < -0.4 is 4.74 Å². The topological polar surface area (TPSA) is 55.8 Å². The van der Waals surface area contributed by atoms with E-state index >= 15 is 0 Å². The molecule has 4 nitrogen and oxygen atoms in total. The van der Waals surface area contributed by atoms with Crippen molar-refractivity contribution in [1.82, 2.24) is 0 Å². The summed E-state index contributed by atoms with van der Waals surface area (Å²) in [7, 11) is 0.